The van der Waals surface area contributed by atoms with Gasteiger partial charge in [-0.15, -0.1) is 0 Å². The Bertz CT molecular complexity index is 1120. The second-order valence-corrected chi connectivity index (χ2v) is 6.76. The number of esters is 1. The van der Waals surface area contributed by atoms with Crippen LogP contribution in [0, 0.1) is 0 Å². The number of hydrogen-bond donors (Lipinski definition) is 0. The molecule has 30 heavy (non-hydrogen) atoms. The van der Waals surface area contributed by atoms with Crippen molar-refractivity contribution in [3.05, 3.63) is 108 Å². The summed E-state index contributed by atoms with van der Waals surface area (Å²) in [4.78, 5) is 31.0. The first kappa shape index (κ1) is 19.3. The van der Waals surface area contributed by atoms with Crippen molar-refractivity contribution < 1.29 is 14.3 Å². The molecule has 148 valence electrons. The number of aldehydes is 1. The Morgan fingerprint density at radius 3 is 2.43 bits per heavy atom. The molecular weight excluding hydrogens is 376 g/mol. The second-order valence-electron chi connectivity index (χ2n) is 6.76. The predicted molar refractivity (Wildman–Crippen MR) is 117 cm³/mol. The number of pyridine rings is 1. The Balaban J connectivity index is 1.92. The van der Waals surface area contributed by atoms with Gasteiger partial charge in [0.05, 0.1) is 18.4 Å². The first-order valence-electron chi connectivity index (χ1n) is 9.54. The first-order valence-corrected chi connectivity index (χ1v) is 9.54. The van der Waals surface area contributed by atoms with E-state index in [9.17, 15) is 9.59 Å². The van der Waals surface area contributed by atoms with E-state index in [1.165, 1.54) is 7.11 Å². The van der Waals surface area contributed by atoms with Crippen molar-refractivity contribution in [3.63, 3.8) is 0 Å². The highest BCUT2D eigenvalue weighted by Crippen LogP contribution is 2.35. The summed E-state index contributed by atoms with van der Waals surface area (Å²) in [6, 6.07) is 21.9. The Morgan fingerprint density at radius 2 is 1.73 bits per heavy atom. The molecule has 4 rings (SSSR count). The molecule has 0 saturated heterocycles. The van der Waals surface area contributed by atoms with Gasteiger partial charge in [0.25, 0.3) is 0 Å². The van der Waals surface area contributed by atoms with E-state index in [2.05, 4.69) is 4.98 Å². The molecule has 1 aromatic heterocycles. The normalized spacial score (nSPS) is 15.8. The summed E-state index contributed by atoms with van der Waals surface area (Å²) in [5, 5.41) is 0. The molecule has 1 unspecified atom stereocenters. The maximum atomic E-state index is 12.4. The highest BCUT2D eigenvalue weighted by Gasteiger charge is 2.29. The fraction of sp³-hybridized carbons (Fsp3) is 0.0800. The fourth-order valence-electron chi connectivity index (χ4n) is 3.58. The average Bonchev–Trinajstić information content (AvgIpc) is 2.83. The predicted octanol–water partition coefficient (Wildman–Crippen LogP) is 4.38. The summed E-state index contributed by atoms with van der Waals surface area (Å²) < 4.78 is 4.96. The minimum atomic E-state index is -0.606. The minimum Gasteiger partial charge on any atom is -0.465 e. The highest BCUT2D eigenvalue weighted by atomic mass is 16.5. The van der Waals surface area contributed by atoms with E-state index in [1.54, 1.807) is 18.3 Å². The van der Waals surface area contributed by atoms with E-state index in [1.807, 2.05) is 77.8 Å². The van der Waals surface area contributed by atoms with Crippen molar-refractivity contribution in [1.29, 1.82) is 0 Å². The number of rotatable bonds is 5. The number of anilines is 1. The summed E-state index contributed by atoms with van der Waals surface area (Å²) in [5.74, 6) is -0.448. The summed E-state index contributed by atoms with van der Waals surface area (Å²) in [5.41, 5.74) is 4.25. The van der Waals surface area contributed by atoms with E-state index in [0.717, 1.165) is 23.2 Å². The number of carbonyl (C=O) groups excluding carboxylic acids is 2. The maximum Gasteiger partial charge on any atom is 0.338 e. The monoisotopic (exact) mass is 396 g/mol. The Hall–Kier alpha value is -3.99. The van der Waals surface area contributed by atoms with E-state index in [4.69, 9.17) is 4.74 Å². The number of carbonyl (C=O) groups is 2. The van der Waals surface area contributed by atoms with Crippen LogP contribution in [0.25, 0.3) is 11.1 Å². The molecule has 1 atom stereocenters. The number of allylic oxidation sites excluding steroid dienone is 2. The van der Waals surface area contributed by atoms with Crippen LogP contribution >= 0.6 is 0 Å². The van der Waals surface area contributed by atoms with Crippen LogP contribution in [0.1, 0.15) is 21.6 Å². The van der Waals surface area contributed by atoms with E-state index < -0.39 is 12.0 Å². The third-order valence-electron chi connectivity index (χ3n) is 4.99. The number of para-hydroxylation sites is 1. The van der Waals surface area contributed by atoms with Crippen LogP contribution in [-0.2, 0) is 9.53 Å². The molecule has 2 aromatic carbocycles. The van der Waals surface area contributed by atoms with Crippen LogP contribution in [0.15, 0.2) is 91.3 Å². The van der Waals surface area contributed by atoms with Gasteiger partial charge in [-0.25, -0.2) is 4.79 Å². The maximum absolute atomic E-state index is 12.4. The van der Waals surface area contributed by atoms with Crippen LogP contribution in [0.4, 0.5) is 5.69 Å². The third-order valence-corrected chi connectivity index (χ3v) is 4.99. The van der Waals surface area contributed by atoms with E-state index >= 15 is 0 Å². The molecule has 0 aliphatic carbocycles. The van der Waals surface area contributed by atoms with Gasteiger partial charge < -0.3 is 14.4 Å². The van der Waals surface area contributed by atoms with E-state index in [0.29, 0.717) is 16.7 Å². The highest BCUT2D eigenvalue weighted by molar-refractivity contribution is 6.03. The molecule has 0 spiro atoms. The molecule has 5 heteroatoms. The van der Waals surface area contributed by atoms with Gasteiger partial charge in [-0.2, -0.15) is 0 Å². The zero-order chi connectivity index (χ0) is 20.9. The summed E-state index contributed by atoms with van der Waals surface area (Å²) in [6.07, 6.45) is 6.45. The summed E-state index contributed by atoms with van der Waals surface area (Å²) >= 11 is 0. The molecule has 2 heterocycles. The quantitative estimate of drug-likeness (QED) is 0.473. The number of methoxy groups -OCH3 is 1. The average molecular weight is 396 g/mol. The van der Waals surface area contributed by atoms with Crippen molar-refractivity contribution in [1.82, 2.24) is 4.98 Å². The molecule has 1 aliphatic rings. The second kappa shape index (κ2) is 8.57. The third kappa shape index (κ3) is 3.65. The Morgan fingerprint density at radius 1 is 1.00 bits per heavy atom. The lowest BCUT2D eigenvalue weighted by molar-refractivity contribution is -0.107. The standard InChI is InChI=1S/C25H20N2O3/c1-30-25(29)21-12-6-5-11-20(21)22-15-18(23-13-7-8-14-26-23)16-27(24(22)17-28)19-9-3-2-4-10-19/h2-17,24H,1H3. The van der Waals surface area contributed by atoms with Crippen molar-refractivity contribution in [2.24, 2.45) is 0 Å². The lowest BCUT2D eigenvalue weighted by Gasteiger charge is -2.33. The van der Waals surface area contributed by atoms with Gasteiger partial charge in [-0.1, -0.05) is 42.5 Å². The zero-order valence-electron chi connectivity index (χ0n) is 16.4. The van der Waals surface area contributed by atoms with Gasteiger partial charge in [0.1, 0.15) is 12.3 Å². The van der Waals surface area contributed by atoms with Crippen molar-refractivity contribution in [2.75, 3.05) is 12.0 Å². The lowest BCUT2D eigenvalue weighted by atomic mass is 9.89. The molecule has 0 bridgehead atoms. The van der Waals surface area contributed by atoms with Crippen molar-refractivity contribution >= 4 is 29.1 Å². The number of benzene rings is 2. The van der Waals surface area contributed by atoms with Gasteiger partial charge in [0.2, 0.25) is 0 Å². The number of nitrogens with zero attached hydrogens (tertiary/aromatic N) is 2. The number of ether oxygens (including phenoxy) is 1. The summed E-state index contributed by atoms with van der Waals surface area (Å²) in [7, 11) is 1.35. The molecule has 1 aliphatic heterocycles. The summed E-state index contributed by atoms with van der Waals surface area (Å²) in [6.45, 7) is 0. The van der Waals surface area contributed by atoms with Crippen LogP contribution in [-0.4, -0.2) is 30.4 Å². The van der Waals surface area contributed by atoms with Crippen LogP contribution in [0.3, 0.4) is 0 Å². The van der Waals surface area contributed by atoms with Gasteiger partial charge in [0, 0.05) is 23.7 Å². The van der Waals surface area contributed by atoms with Crippen LogP contribution < -0.4 is 4.90 Å². The molecule has 0 amide bonds. The molecule has 0 saturated carbocycles. The Kier molecular flexibility index (Phi) is 5.52. The SMILES string of the molecule is COC(=O)c1ccccc1C1=CC(c2ccccn2)=CN(c2ccccc2)C1C=O. The van der Waals surface area contributed by atoms with Crippen molar-refractivity contribution in [2.45, 2.75) is 6.04 Å². The Labute approximate surface area is 174 Å². The number of hydrogen-bond acceptors (Lipinski definition) is 5. The molecule has 0 fully saturated rings. The van der Waals surface area contributed by atoms with Crippen LogP contribution in [0.5, 0.6) is 0 Å². The van der Waals surface area contributed by atoms with Gasteiger partial charge in [0.15, 0.2) is 0 Å². The molecule has 3 aromatic rings. The largest absolute Gasteiger partial charge is 0.465 e. The fourth-order valence-corrected chi connectivity index (χ4v) is 3.58. The van der Waals surface area contributed by atoms with Gasteiger partial charge in [-0.3, -0.25) is 4.98 Å². The van der Waals surface area contributed by atoms with E-state index in [-0.39, 0.29) is 0 Å². The minimum absolute atomic E-state index is 0.411. The smallest absolute Gasteiger partial charge is 0.338 e. The molecule has 0 radical (unpaired) electrons. The first-order chi connectivity index (χ1) is 14.7. The molecular formula is C25H20N2O3. The number of aromatic nitrogens is 1. The zero-order valence-corrected chi connectivity index (χ0v) is 16.4. The topological polar surface area (TPSA) is 59.5 Å². The van der Waals surface area contributed by atoms with Gasteiger partial charge in [-0.05, 0) is 47.5 Å². The lowest BCUT2D eigenvalue weighted by Crippen LogP contribution is -2.36. The van der Waals surface area contributed by atoms with Crippen LogP contribution in [0.2, 0.25) is 0 Å². The van der Waals surface area contributed by atoms with Crippen molar-refractivity contribution in [3.8, 4) is 0 Å². The van der Waals surface area contributed by atoms with Gasteiger partial charge >= 0.3 is 5.97 Å². The molecule has 0 N–H and O–H groups in total. The molecule has 5 nitrogen and oxygen atoms in total.